The smallest absolute Gasteiger partial charge is 0.240 e. The van der Waals surface area contributed by atoms with Gasteiger partial charge >= 0.3 is 0 Å². The van der Waals surface area contributed by atoms with Crippen molar-refractivity contribution in [3.8, 4) is 0 Å². The Morgan fingerprint density at radius 1 is 1.37 bits per heavy atom. The van der Waals surface area contributed by atoms with Crippen LogP contribution < -0.4 is 11.1 Å². The van der Waals surface area contributed by atoms with Gasteiger partial charge in [-0.3, -0.25) is 4.79 Å². The van der Waals surface area contributed by atoms with Gasteiger partial charge in [-0.05, 0) is 26.7 Å². The molecule has 3 N–H and O–H groups in total. The summed E-state index contributed by atoms with van der Waals surface area (Å²) in [5.74, 6) is -0.0135. The van der Waals surface area contributed by atoms with Gasteiger partial charge in [0.25, 0.3) is 0 Å². The second-order valence-corrected chi connectivity index (χ2v) is 6.08. The Morgan fingerprint density at radius 2 is 1.95 bits per heavy atom. The Kier molecular flexibility index (Phi) is 7.29. The highest BCUT2D eigenvalue weighted by Gasteiger charge is 2.36. The van der Waals surface area contributed by atoms with Gasteiger partial charge in [0.2, 0.25) is 5.91 Å². The van der Waals surface area contributed by atoms with E-state index in [1.165, 1.54) is 0 Å². The van der Waals surface area contributed by atoms with Crippen LogP contribution in [-0.2, 0) is 11.3 Å². The lowest BCUT2D eigenvalue weighted by atomic mass is 9.98. The van der Waals surface area contributed by atoms with Gasteiger partial charge < -0.3 is 11.1 Å². The van der Waals surface area contributed by atoms with E-state index in [0.29, 0.717) is 6.54 Å². The van der Waals surface area contributed by atoms with Crippen molar-refractivity contribution in [2.75, 3.05) is 0 Å². The highest BCUT2D eigenvalue weighted by atomic mass is 35.5. The van der Waals surface area contributed by atoms with Crippen molar-refractivity contribution < 1.29 is 4.79 Å². The number of halogens is 2. The Balaban J connectivity index is 0.00000162. The van der Waals surface area contributed by atoms with E-state index < -0.39 is 5.54 Å². The number of carbonyl (C=O) groups is 1. The summed E-state index contributed by atoms with van der Waals surface area (Å²) in [7, 11) is 0. The van der Waals surface area contributed by atoms with E-state index in [1.807, 2.05) is 13.8 Å². The zero-order chi connectivity index (χ0) is 12.5. The first-order valence-electron chi connectivity index (χ1n) is 6.01. The maximum atomic E-state index is 12.0. The van der Waals surface area contributed by atoms with Crippen molar-refractivity contribution in [2.24, 2.45) is 5.73 Å². The van der Waals surface area contributed by atoms with E-state index in [9.17, 15) is 4.79 Å². The minimum atomic E-state index is -0.631. The summed E-state index contributed by atoms with van der Waals surface area (Å²) < 4.78 is 0. The molecule has 4 nitrogen and oxygen atoms in total. The molecule has 110 valence electrons. The van der Waals surface area contributed by atoms with Gasteiger partial charge in [0.15, 0.2) is 0 Å². The highest BCUT2D eigenvalue weighted by molar-refractivity contribution is 7.11. The molecule has 1 aromatic heterocycles. The van der Waals surface area contributed by atoms with Crippen LogP contribution in [0.5, 0.6) is 0 Å². The van der Waals surface area contributed by atoms with E-state index in [0.717, 1.165) is 41.3 Å². The summed E-state index contributed by atoms with van der Waals surface area (Å²) in [6.07, 6.45) is 3.73. The number of amides is 1. The monoisotopic (exact) mass is 325 g/mol. The average molecular weight is 326 g/mol. The number of aryl methyl sites for hydroxylation is 2. The van der Waals surface area contributed by atoms with Gasteiger partial charge in [0.05, 0.1) is 22.8 Å². The molecule has 1 aliphatic carbocycles. The van der Waals surface area contributed by atoms with Crippen molar-refractivity contribution in [3.63, 3.8) is 0 Å². The Hall–Kier alpha value is -0.360. The number of hydrogen-bond donors (Lipinski definition) is 2. The average Bonchev–Trinajstić information content (AvgIpc) is 2.83. The molecule has 1 aromatic rings. The van der Waals surface area contributed by atoms with Crippen molar-refractivity contribution in [3.05, 3.63) is 15.6 Å². The van der Waals surface area contributed by atoms with Gasteiger partial charge in [0.1, 0.15) is 0 Å². The SMILES string of the molecule is Cc1nc(C)c(CNC(=O)C2(N)CCCC2)s1.Cl.Cl. The Bertz CT molecular complexity index is 431. The maximum absolute atomic E-state index is 12.0. The number of aromatic nitrogens is 1. The lowest BCUT2D eigenvalue weighted by Crippen LogP contribution is -2.51. The normalized spacial score (nSPS) is 16.4. The third kappa shape index (κ3) is 4.31. The predicted octanol–water partition coefficient (Wildman–Crippen LogP) is 2.49. The van der Waals surface area contributed by atoms with Crippen LogP contribution in [0.15, 0.2) is 0 Å². The lowest BCUT2D eigenvalue weighted by Gasteiger charge is -2.22. The molecule has 7 heteroatoms. The zero-order valence-electron chi connectivity index (χ0n) is 11.2. The molecule has 0 spiro atoms. The fourth-order valence-electron chi connectivity index (χ4n) is 2.31. The first kappa shape index (κ1) is 18.6. The molecule has 2 rings (SSSR count). The molecule has 1 saturated carbocycles. The number of thiazole rings is 1. The fraction of sp³-hybridized carbons (Fsp3) is 0.667. The predicted molar refractivity (Wildman–Crippen MR) is 83.3 cm³/mol. The number of nitrogens with zero attached hydrogens (tertiary/aromatic N) is 1. The maximum Gasteiger partial charge on any atom is 0.240 e. The molecular weight excluding hydrogens is 305 g/mol. The molecule has 0 bridgehead atoms. The van der Waals surface area contributed by atoms with E-state index in [-0.39, 0.29) is 30.7 Å². The number of nitrogens with two attached hydrogens (primary N) is 1. The van der Waals surface area contributed by atoms with E-state index >= 15 is 0 Å². The summed E-state index contributed by atoms with van der Waals surface area (Å²) in [6.45, 7) is 4.50. The van der Waals surface area contributed by atoms with Crippen molar-refractivity contribution in [2.45, 2.75) is 51.6 Å². The minimum absolute atomic E-state index is 0. The lowest BCUT2D eigenvalue weighted by molar-refractivity contribution is -0.126. The summed E-state index contributed by atoms with van der Waals surface area (Å²) >= 11 is 1.63. The van der Waals surface area contributed by atoms with Crippen molar-refractivity contribution in [1.29, 1.82) is 0 Å². The largest absolute Gasteiger partial charge is 0.350 e. The van der Waals surface area contributed by atoms with Gasteiger partial charge in [-0.2, -0.15) is 0 Å². The number of nitrogens with one attached hydrogen (secondary N) is 1. The molecule has 0 aromatic carbocycles. The number of hydrogen-bond acceptors (Lipinski definition) is 4. The second-order valence-electron chi connectivity index (χ2n) is 4.79. The number of carbonyl (C=O) groups excluding carboxylic acids is 1. The first-order chi connectivity index (χ1) is 8.01. The molecule has 1 amide bonds. The molecule has 19 heavy (non-hydrogen) atoms. The van der Waals surface area contributed by atoms with E-state index in [2.05, 4.69) is 10.3 Å². The molecular formula is C12H21Cl2N3OS. The van der Waals surface area contributed by atoms with Gasteiger partial charge in [-0.15, -0.1) is 36.2 Å². The van der Waals surface area contributed by atoms with Crippen LogP contribution in [-0.4, -0.2) is 16.4 Å². The Labute approximate surface area is 130 Å². The van der Waals surface area contributed by atoms with Crippen LogP contribution in [0.25, 0.3) is 0 Å². The quantitative estimate of drug-likeness (QED) is 0.897. The molecule has 0 aliphatic heterocycles. The third-order valence-corrected chi connectivity index (χ3v) is 4.43. The summed E-state index contributed by atoms with van der Waals surface area (Å²) in [4.78, 5) is 17.5. The van der Waals surface area contributed by atoms with Crippen LogP contribution in [0.4, 0.5) is 0 Å². The van der Waals surface area contributed by atoms with Crippen molar-refractivity contribution in [1.82, 2.24) is 10.3 Å². The van der Waals surface area contributed by atoms with Crippen LogP contribution in [0.3, 0.4) is 0 Å². The van der Waals surface area contributed by atoms with Crippen LogP contribution in [0, 0.1) is 13.8 Å². The highest BCUT2D eigenvalue weighted by Crippen LogP contribution is 2.27. The second kappa shape index (κ2) is 7.43. The third-order valence-electron chi connectivity index (χ3n) is 3.36. The van der Waals surface area contributed by atoms with Crippen LogP contribution in [0.1, 0.15) is 41.3 Å². The minimum Gasteiger partial charge on any atom is -0.350 e. The van der Waals surface area contributed by atoms with Gasteiger partial charge in [-0.1, -0.05) is 12.8 Å². The topological polar surface area (TPSA) is 68.0 Å². The van der Waals surface area contributed by atoms with Gasteiger partial charge in [-0.25, -0.2) is 4.98 Å². The van der Waals surface area contributed by atoms with Crippen molar-refractivity contribution >= 4 is 42.1 Å². The van der Waals surface area contributed by atoms with E-state index in [4.69, 9.17) is 5.73 Å². The molecule has 1 aliphatic rings. The van der Waals surface area contributed by atoms with E-state index in [1.54, 1.807) is 11.3 Å². The standard InChI is InChI=1S/C12H19N3OS.2ClH/c1-8-10(17-9(2)15-8)7-14-11(16)12(13)5-3-4-6-12;;/h3-7,13H2,1-2H3,(H,14,16);2*1H. The summed E-state index contributed by atoms with van der Waals surface area (Å²) in [5.41, 5.74) is 6.46. The number of rotatable bonds is 3. The van der Waals surface area contributed by atoms with Crippen LogP contribution in [0.2, 0.25) is 0 Å². The molecule has 0 saturated heterocycles. The summed E-state index contributed by atoms with van der Waals surface area (Å²) in [6, 6.07) is 0. The molecule has 1 heterocycles. The fourth-order valence-corrected chi connectivity index (χ4v) is 3.18. The zero-order valence-corrected chi connectivity index (χ0v) is 13.6. The van der Waals surface area contributed by atoms with Crippen LogP contribution >= 0.6 is 36.2 Å². The first-order valence-corrected chi connectivity index (χ1v) is 6.83. The summed E-state index contributed by atoms with van der Waals surface area (Å²) in [5, 5.41) is 3.98. The molecule has 0 unspecified atom stereocenters. The Morgan fingerprint density at radius 3 is 2.42 bits per heavy atom. The molecule has 0 atom stereocenters. The molecule has 0 radical (unpaired) electrons. The molecule has 1 fully saturated rings. The van der Waals surface area contributed by atoms with Gasteiger partial charge in [0, 0.05) is 4.88 Å².